The third-order valence-electron chi connectivity index (χ3n) is 4.35. The number of fused-ring (bicyclic) bond motifs is 1. The van der Waals surface area contributed by atoms with Crippen LogP contribution in [0.3, 0.4) is 0 Å². The van der Waals surface area contributed by atoms with Crippen LogP contribution < -0.4 is 10.5 Å². The number of primary amides is 1. The molecule has 8 nitrogen and oxygen atoms in total. The number of anilines is 1. The highest BCUT2D eigenvalue weighted by atomic mass is 79.9. The molecule has 0 aliphatic rings. The molecule has 0 aliphatic heterocycles. The maximum absolute atomic E-state index is 12.6. The van der Waals surface area contributed by atoms with E-state index in [4.69, 9.17) is 17.3 Å². The molecule has 11 heteroatoms. The highest BCUT2D eigenvalue weighted by Gasteiger charge is 2.17. The van der Waals surface area contributed by atoms with Gasteiger partial charge in [-0.05, 0) is 46.3 Å². The Morgan fingerprint density at radius 3 is 2.48 bits per heavy atom. The summed E-state index contributed by atoms with van der Waals surface area (Å²) in [4.78, 5) is 24.3. The molecule has 156 valence electrons. The zero-order chi connectivity index (χ0) is 22.2. The standard InChI is InChI=1S/C20H13BrClN5O3S/c21-15-8-13(9-25-19(15)22)31(29,30)27-12-6-4-11(5-7-12)17-10-24-16-3-1-2-14(20(23)28)18(16)26-17/h1-10,27H,(H2,23,28). The van der Waals surface area contributed by atoms with Crippen molar-refractivity contribution < 1.29 is 13.2 Å². The average molecular weight is 519 g/mol. The number of carbonyl (C=O) groups is 1. The summed E-state index contributed by atoms with van der Waals surface area (Å²) in [7, 11) is -3.85. The SMILES string of the molecule is NC(=O)c1cccc2ncc(-c3ccc(NS(=O)(=O)c4cnc(Cl)c(Br)c4)cc3)nc12. The highest BCUT2D eigenvalue weighted by Crippen LogP contribution is 2.26. The zero-order valence-corrected chi connectivity index (χ0v) is 18.7. The lowest BCUT2D eigenvalue weighted by atomic mass is 10.1. The summed E-state index contributed by atoms with van der Waals surface area (Å²) in [6.45, 7) is 0. The largest absolute Gasteiger partial charge is 0.366 e. The molecule has 0 radical (unpaired) electrons. The quantitative estimate of drug-likeness (QED) is 0.384. The minimum Gasteiger partial charge on any atom is -0.366 e. The van der Waals surface area contributed by atoms with E-state index in [9.17, 15) is 13.2 Å². The number of halogens is 2. The number of carbonyl (C=O) groups excluding carboxylic acids is 1. The molecular weight excluding hydrogens is 506 g/mol. The Labute approximate surface area is 190 Å². The molecule has 2 aromatic heterocycles. The number of nitrogens with zero attached hydrogens (tertiary/aromatic N) is 3. The van der Waals surface area contributed by atoms with Gasteiger partial charge in [-0.3, -0.25) is 14.5 Å². The Balaban J connectivity index is 1.63. The van der Waals surface area contributed by atoms with Crippen LogP contribution in [0.15, 0.2) is 70.3 Å². The molecule has 1 amide bonds. The Morgan fingerprint density at radius 1 is 1.06 bits per heavy atom. The van der Waals surface area contributed by atoms with Gasteiger partial charge >= 0.3 is 0 Å². The smallest absolute Gasteiger partial charge is 0.263 e. The molecular formula is C20H13BrClN5O3S. The first-order valence-corrected chi connectivity index (χ1v) is 11.4. The fourth-order valence-corrected chi connectivity index (χ4v) is 4.48. The summed E-state index contributed by atoms with van der Waals surface area (Å²) < 4.78 is 28.0. The second-order valence-electron chi connectivity index (χ2n) is 6.42. The zero-order valence-electron chi connectivity index (χ0n) is 15.6. The predicted octanol–water partition coefficient (Wildman–Crippen LogP) is 4.01. The second-order valence-corrected chi connectivity index (χ2v) is 9.31. The summed E-state index contributed by atoms with van der Waals surface area (Å²) in [5, 5.41) is 0.166. The first-order chi connectivity index (χ1) is 14.7. The number of rotatable bonds is 5. The molecule has 0 spiro atoms. The van der Waals surface area contributed by atoms with Gasteiger partial charge < -0.3 is 5.73 Å². The minimum absolute atomic E-state index is 0.0350. The molecule has 0 aliphatic carbocycles. The summed E-state index contributed by atoms with van der Waals surface area (Å²) in [5.41, 5.74) is 8.20. The van der Waals surface area contributed by atoms with Gasteiger partial charge in [-0.15, -0.1) is 0 Å². The lowest BCUT2D eigenvalue weighted by Gasteiger charge is -2.10. The molecule has 4 aromatic rings. The fraction of sp³-hybridized carbons (Fsp3) is 0. The number of nitrogens with one attached hydrogen (secondary N) is 1. The van der Waals surface area contributed by atoms with Crippen molar-refractivity contribution in [1.82, 2.24) is 15.0 Å². The van der Waals surface area contributed by atoms with Gasteiger partial charge in [0.15, 0.2) is 0 Å². The van der Waals surface area contributed by atoms with Gasteiger partial charge in [-0.2, -0.15) is 0 Å². The van der Waals surface area contributed by atoms with E-state index < -0.39 is 15.9 Å². The van der Waals surface area contributed by atoms with E-state index in [1.807, 2.05) is 0 Å². The van der Waals surface area contributed by atoms with Gasteiger partial charge in [0.2, 0.25) is 0 Å². The lowest BCUT2D eigenvalue weighted by molar-refractivity contribution is 0.100. The Kier molecular flexibility index (Phi) is 5.61. The summed E-state index contributed by atoms with van der Waals surface area (Å²) >= 11 is 8.98. The van der Waals surface area contributed by atoms with Gasteiger partial charge in [0.1, 0.15) is 15.6 Å². The lowest BCUT2D eigenvalue weighted by Crippen LogP contribution is -2.13. The summed E-state index contributed by atoms with van der Waals surface area (Å²) in [6.07, 6.45) is 2.74. The van der Waals surface area contributed by atoms with Gasteiger partial charge in [-0.1, -0.05) is 29.8 Å². The molecule has 0 unspecified atom stereocenters. The molecule has 31 heavy (non-hydrogen) atoms. The van der Waals surface area contributed by atoms with Gasteiger partial charge in [0.25, 0.3) is 15.9 Å². The number of hydrogen-bond acceptors (Lipinski definition) is 6. The van der Waals surface area contributed by atoms with Crippen molar-refractivity contribution in [2.45, 2.75) is 4.90 Å². The summed E-state index contributed by atoms with van der Waals surface area (Å²) in [6, 6.07) is 13.0. The molecule has 0 saturated carbocycles. The Hall–Kier alpha value is -3.08. The monoisotopic (exact) mass is 517 g/mol. The van der Waals surface area contributed by atoms with Gasteiger partial charge in [0, 0.05) is 17.4 Å². The van der Waals surface area contributed by atoms with Crippen LogP contribution in [-0.4, -0.2) is 29.3 Å². The third kappa shape index (κ3) is 4.36. The number of pyridine rings is 1. The van der Waals surface area contributed by atoms with Crippen LogP contribution in [-0.2, 0) is 10.0 Å². The maximum atomic E-state index is 12.6. The van der Waals surface area contributed by atoms with Crippen LogP contribution in [0.2, 0.25) is 5.15 Å². The van der Waals surface area contributed by atoms with Gasteiger partial charge in [-0.25, -0.2) is 18.4 Å². The van der Waals surface area contributed by atoms with E-state index in [-0.39, 0.29) is 15.6 Å². The Bertz CT molecular complexity index is 1430. The number of aromatic nitrogens is 3. The first kappa shape index (κ1) is 21.2. The molecule has 3 N–H and O–H groups in total. The molecule has 2 heterocycles. The topological polar surface area (TPSA) is 128 Å². The van der Waals surface area contributed by atoms with E-state index in [0.29, 0.717) is 32.5 Å². The van der Waals surface area contributed by atoms with Crippen molar-refractivity contribution in [3.63, 3.8) is 0 Å². The van der Waals surface area contributed by atoms with Crippen LogP contribution in [0.1, 0.15) is 10.4 Å². The van der Waals surface area contributed by atoms with Crippen LogP contribution in [0, 0.1) is 0 Å². The van der Waals surface area contributed by atoms with E-state index in [0.717, 1.165) is 0 Å². The van der Waals surface area contributed by atoms with Crippen LogP contribution in [0.4, 0.5) is 5.69 Å². The maximum Gasteiger partial charge on any atom is 0.263 e. The van der Waals surface area contributed by atoms with E-state index in [2.05, 4.69) is 35.6 Å². The van der Waals surface area contributed by atoms with E-state index in [1.165, 1.54) is 12.3 Å². The number of para-hydroxylation sites is 1. The summed E-state index contributed by atoms with van der Waals surface area (Å²) in [5.74, 6) is -0.592. The van der Waals surface area contributed by atoms with Crippen molar-refractivity contribution in [3.8, 4) is 11.3 Å². The molecule has 0 atom stereocenters. The molecule has 4 rings (SSSR count). The van der Waals surface area contributed by atoms with Crippen LogP contribution >= 0.6 is 27.5 Å². The van der Waals surface area contributed by atoms with Crippen LogP contribution in [0.25, 0.3) is 22.3 Å². The van der Waals surface area contributed by atoms with Crippen molar-refractivity contribution >= 4 is 60.2 Å². The van der Waals surface area contributed by atoms with E-state index in [1.54, 1.807) is 48.7 Å². The molecule has 0 bridgehead atoms. The first-order valence-electron chi connectivity index (χ1n) is 8.74. The molecule has 0 saturated heterocycles. The number of nitrogens with two attached hydrogens (primary N) is 1. The third-order valence-corrected chi connectivity index (χ3v) is 6.83. The van der Waals surface area contributed by atoms with Crippen molar-refractivity contribution in [2.75, 3.05) is 4.72 Å². The second kappa shape index (κ2) is 8.22. The number of benzene rings is 2. The minimum atomic E-state index is -3.85. The number of sulfonamides is 1. The van der Waals surface area contributed by atoms with Gasteiger partial charge in [0.05, 0.1) is 27.4 Å². The molecule has 2 aromatic carbocycles. The fourth-order valence-electron chi connectivity index (χ4n) is 2.84. The van der Waals surface area contributed by atoms with Crippen molar-refractivity contribution in [1.29, 1.82) is 0 Å². The molecule has 0 fully saturated rings. The normalized spacial score (nSPS) is 11.4. The highest BCUT2D eigenvalue weighted by molar-refractivity contribution is 9.10. The van der Waals surface area contributed by atoms with Crippen molar-refractivity contribution in [2.24, 2.45) is 5.73 Å². The Morgan fingerprint density at radius 2 is 1.81 bits per heavy atom. The van der Waals surface area contributed by atoms with Crippen LogP contribution in [0.5, 0.6) is 0 Å². The number of amides is 1. The van der Waals surface area contributed by atoms with Crippen molar-refractivity contribution in [3.05, 3.63) is 76.1 Å². The van der Waals surface area contributed by atoms with E-state index >= 15 is 0 Å². The average Bonchev–Trinajstić information content (AvgIpc) is 2.75. The predicted molar refractivity (Wildman–Crippen MR) is 121 cm³/mol. The number of hydrogen-bond donors (Lipinski definition) is 2.